The van der Waals surface area contributed by atoms with Gasteiger partial charge < -0.3 is 20.1 Å². The van der Waals surface area contributed by atoms with Crippen LogP contribution in [0, 0.1) is 11.3 Å². The number of aliphatic hydroxyl groups excluding tert-OH is 2. The molecule has 0 spiro atoms. The van der Waals surface area contributed by atoms with E-state index in [9.17, 15) is 15.0 Å². The predicted molar refractivity (Wildman–Crippen MR) is 56.9 cm³/mol. The van der Waals surface area contributed by atoms with Crippen molar-refractivity contribution < 1.29 is 24.9 Å². The summed E-state index contributed by atoms with van der Waals surface area (Å²) >= 11 is 0. The smallest absolute Gasteiger partial charge is 0.333 e. The molecule has 0 aromatic rings. The number of carboxylic acids is 1. The Hall–Kier alpha value is -0.650. The van der Waals surface area contributed by atoms with Crippen LogP contribution in [0.15, 0.2) is 0 Å². The van der Waals surface area contributed by atoms with Crippen LogP contribution in [0.1, 0.15) is 27.7 Å². The standard InChI is InChI=1S/C11H20O5/c1-5-6(12)7(13)9(11(2,3)4)16-8(5)10(14)15/h5-9,12-13H,1-4H3,(H,14,15)/t5-,6-,7+,8-,9?/m0/s1. The van der Waals surface area contributed by atoms with Crippen molar-refractivity contribution in [1.82, 2.24) is 0 Å². The minimum absolute atomic E-state index is 0.422. The van der Waals surface area contributed by atoms with Gasteiger partial charge in [-0.15, -0.1) is 0 Å². The van der Waals surface area contributed by atoms with Gasteiger partial charge in [0.05, 0.1) is 12.2 Å². The van der Waals surface area contributed by atoms with Crippen LogP contribution in [0.3, 0.4) is 0 Å². The van der Waals surface area contributed by atoms with E-state index >= 15 is 0 Å². The molecule has 0 saturated carbocycles. The molecular formula is C11H20O5. The van der Waals surface area contributed by atoms with Gasteiger partial charge in [0.25, 0.3) is 0 Å². The minimum atomic E-state index is -1.10. The van der Waals surface area contributed by atoms with Crippen molar-refractivity contribution in [2.75, 3.05) is 0 Å². The average molecular weight is 232 g/mol. The lowest BCUT2D eigenvalue weighted by Crippen LogP contribution is -2.59. The summed E-state index contributed by atoms with van der Waals surface area (Å²) in [4.78, 5) is 11.0. The molecule has 5 nitrogen and oxygen atoms in total. The van der Waals surface area contributed by atoms with Crippen LogP contribution >= 0.6 is 0 Å². The molecule has 16 heavy (non-hydrogen) atoms. The molecule has 1 saturated heterocycles. The van der Waals surface area contributed by atoms with Crippen LogP contribution in [0.4, 0.5) is 0 Å². The third-order valence-corrected chi connectivity index (χ3v) is 3.07. The van der Waals surface area contributed by atoms with Crippen molar-refractivity contribution in [3.63, 3.8) is 0 Å². The topological polar surface area (TPSA) is 87.0 Å². The summed E-state index contributed by atoms with van der Waals surface area (Å²) in [7, 11) is 0. The monoisotopic (exact) mass is 232 g/mol. The van der Waals surface area contributed by atoms with E-state index in [4.69, 9.17) is 9.84 Å². The van der Waals surface area contributed by atoms with E-state index in [0.29, 0.717) is 0 Å². The molecule has 1 fully saturated rings. The Morgan fingerprint density at radius 3 is 2.06 bits per heavy atom. The van der Waals surface area contributed by atoms with Gasteiger partial charge in [-0.1, -0.05) is 27.7 Å². The molecule has 0 bridgehead atoms. The molecule has 0 aromatic carbocycles. The molecule has 0 aliphatic carbocycles. The van der Waals surface area contributed by atoms with E-state index in [1.807, 2.05) is 20.8 Å². The Morgan fingerprint density at radius 1 is 1.19 bits per heavy atom. The van der Waals surface area contributed by atoms with Crippen molar-refractivity contribution in [3.8, 4) is 0 Å². The maximum absolute atomic E-state index is 11.0. The molecular weight excluding hydrogens is 212 g/mol. The number of carbonyl (C=O) groups is 1. The van der Waals surface area contributed by atoms with Gasteiger partial charge in [-0.2, -0.15) is 0 Å². The molecule has 0 amide bonds. The number of hydrogen-bond donors (Lipinski definition) is 3. The van der Waals surface area contributed by atoms with Gasteiger partial charge in [-0.05, 0) is 5.41 Å². The summed E-state index contributed by atoms with van der Waals surface area (Å²) in [6.45, 7) is 7.07. The first-order valence-electron chi connectivity index (χ1n) is 5.40. The van der Waals surface area contributed by atoms with Crippen LogP contribution < -0.4 is 0 Å². The number of hydrogen-bond acceptors (Lipinski definition) is 4. The second-order valence-corrected chi connectivity index (χ2v) is 5.52. The lowest BCUT2D eigenvalue weighted by molar-refractivity contribution is -0.228. The highest BCUT2D eigenvalue weighted by molar-refractivity contribution is 5.73. The molecule has 1 unspecified atom stereocenters. The Balaban J connectivity index is 2.94. The summed E-state index contributed by atoms with van der Waals surface area (Å²) < 4.78 is 5.40. The Kier molecular flexibility index (Phi) is 3.62. The third kappa shape index (κ3) is 2.36. The lowest BCUT2D eigenvalue weighted by atomic mass is 9.78. The van der Waals surface area contributed by atoms with E-state index in [2.05, 4.69) is 0 Å². The lowest BCUT2D eigenvalue weighted by Gasteiger charge is -2.45. The molecule has 0 aromatic heterocycles. The van der Waals surface area contributed by atoms with Gasteiger partial charge in [-0.25, -0.2) is 4.79 Å². The summed E-state index contributed by atoms with van der Waals surface area (Å²) in [5.74, 6) is -1.72. The van der Waals surface area contributed by atoms with Gasteiger partial charge in [0, 0.05) is 5.92 Å². The first-order chi connectivity index (χ1) is 7.16. The fourth-order valence-electron chi connectivity index (χ4n) is 2.03. The van der Waals surface area contributed by atoms with Crippen LogP contribution in [0.5, 0.6) is 0 Å². The summed E-state index contributed by atoms with van der Waals surface area (Å²) in [6.07, 6.45) is -3.87. The van der Waals surface area contributed by atoms with E-state index in [1.165, 1.54) is 0 Å². The molecule has 1 aliphatic rings. The van der Waals surface area contributed by atoms with Crippen LogP contribution in [-0.4, -0.2) is 45.7 Å². The predicted octanol–water partition coefficient (Wildman–Crippen LogP) is 0.242. The highest BCUT2D eigenvalue weighted by Gasteiger charge is 2.48. The van der Waals surface area contributed by atoms with Crippen molar-refractivity contribution in [2.45, 2.75) is 52.1 Å². The average Bonchev–Trinajstić information content (AvgIpc) is 2.11. The molecule has 5 atom stereocenters. The first kappa shape index (κ1) is 13.4. The minimum Gasteiger partial charge on any atom is -0.479 e. The molecule has 0 radical (unpaired) electrons. The van der Waals surface area contributed by atoms with Gasteiger partial charge >= 0.3 is 5.97 Å². The van der Waals surface area contributed by atoms with Gasteiger partial charge in [-0.3, -0.25) is 0 Å². The van der Waals surface area contributed by atoms with E-state index in [1.54, 1.807) is 6.92 Å². The number of rotatable bonds is 1. The van der Waals surface area contributed by atoms with Crippen LogP contribution in [0.2, 0.25) is 0 Å². The van der Waals surface area contributed by atoms with E-state index in [-0.39, 0.29) is 0 Å². The quantitative estimate of drug-likeness (QED) is 0.603. The zero-order valence-corrected chi connectivity index (χ0v) is 10.0. The van der Waals surface area contributed by atoms with Crippen LogP contribution in [-0.2, 0) is 9.53 Å². The van der Waals surface area contributed by atoms with Crippen molar-refractivity contribution in [2.24, 2.45) is 11.3 Å². The van der Waals surface area contributed by atoms with Gasteiger partial charge in [0.1, 0.15) is 6.10 Å². The molecule has 1 aliphatic heterocycles. The fraction of sp³-hybridized carbons (Fsp3) is 0.909. The molecule has 3 N–H and O–H groups in total. The number of carboxylic acid groups (broad SMARTS) is 1. The molecule has 1 rings (SSSR count). The zero-order chi connectivity index (χ0) is 12.7. The van der Waals surface area contributed by atoms with Crippen molar-refractivity contribution >= 4 is 5.97 Å². The normalized spacial score (nSPS) is 40.8. The Morgan fingerprint density at radius 2 is 1.69 bits per heavy atom. The fourth-order valence-corrected chi connectivity index (χ4v) is 2.03. The number of aliphatic hydroxyl groups is 2. The number of ether oxygens (including phenoxy) is 1. The maximum atomic E-state index is 11.0. The zero-order valence-electron chi connectivity index (χ0n) is 10.0. The highest BCUT2D eigenvalue weighted by Crippen LogP contribution is 2.35. The van der Waals surface area contributed by atoms with Gasteiger partial charge in [0.2, 0.25) is 0 Å². The van der Waals surface area contributed by atoms with E-state index < -0.39 is 41.7 Å². The Labute approximate surface area is 95.0 Å². The van der Waals surface area contributed by atoms with Crippen LogP contribution in [0.25, 0.3) is 0 Å². The second-order valence-electron chi connectivity index (χ2n) is 5.52. The summed E-state index contributed by atoms with van der Waals surface area (Å²) in [5.41, 5.74) is -0.422. The SMILES string of the molecule is C[C@H]1[C@H](O)[C@@H](O)C(C(C)(C)C)O[C@@H]1C(=O)O. The van der Waals surface area contributed by atoms with Gasteiger partial charge in [0.15, 0.2) is 6.10 Å². The molecule has 1 heterocycles. The maximum Gasteiger partial charge on any atom is 0.333 e. The summed E-state index contributed by atoms with van der Waals surface area (Å²) in [5, 5.41) is 28.7. The van der Waals surface area contributed by atoms with Crippen molar-refractivity contribution in [1.29, 1.82) is 0 Å². The largest absolute Gasteiger partial charge is 0.479 e. The Bertz CT molecular complexity index is 270. The number of aliphatic carboxylic acids is 1. The van der Waals surface area contributed by atoms with E-state index in [0.717, 1.165) is 0 Å². The first-order valence-corrected chi connectivity index (χ1v) is 5.40. The summed E-state index contributed by atoms with van der Waals surface area (Å²) in [6, 6.07) is 0. The molecule has 5 heteroatoms. The molecule has 94 valence electrons. The highest BCUT2D eigenvalue weighted by atomic mass is 16.5. The third-order valence-electron chi connectivity index (χ3n) is 3.07. The van der Waals surface area contributed by atoms with Crippen molar-refractivity contribution in [3.05, 3.63) is 0 Å². The second kappa shape index (κ2) is 4.31.